The monoisotopic (exact) mass is 312 g/mol. The van der Waals surface area contributed by atoms with Gasteiger partial charge in [0.05, 0.1) is 4.91 Å². The Bertz CT molecular complexity index is 824. The van der Waals surface area contributed by atoms with E-state index in [-0.39, 0.29) is 0 Å². The number of carbonyl (C=O) groups excluding carboxylic acids is 3. The van der Waals surface area contributed by atoms with Crippen molar-refractivity contribution in [1.82, 2.24) is 4.90 Å². The lowest BCUT2D eigenvalue weighted by atomic mass is 10.0. The summed E-state index contributed by atoms with van der Waals surface area (Å²) in [6.07, 6.45) is 1.67. The summed E-state index contributed by atoms with van der Waals surface area (Å²) in [5.41, 5.74) is 5.91. The molecule has 0 radical (unpaired) electrons. The van der Waals surface area contributed by atoms with E-state index in [1.807, 2.05) is 42.5 Å². The highest BCUT2D eigenvalue weighted by atomic mass is 32.2. The van der Waals surface area contributed by atoms with E-state index in [4.69, 9.17) is 5.73 Å². The maximum Gasteiger partial charge on any atom is 0.294 e. The fraction of sp³-hybridized carbons (Fsp3) is 0.0625. The normalized spacial score (nSPS) is 16.7. The third kappa shape index (κ3) is 2.60. The molecule has 1 aliphatic heterocycles. The third-order valence-electron chi connectivity index (χ3n) is 3.30. The Hall–Kier alpha value is -2.60. The van der Waals surface area contributed by atoms with Gasteiger partial charge < -0.3 is 5.73 Å². The average Bonchev–Trinajstić information content (AvgIpc) is 2.75. The van der Waals surface area contributed by atoms with Crippen molar-refractivity contribution in [3.63, 3.8) is 0 Å². The highest BCUT2D eigenvalue weighted by molar-refractivity contribution is 8.18. The van der Waals surface area contributed by atoms with Crippen molar-refractivity contribution in [2.24, 2.45) is 5.73 Å². The molecule has 2 N–H and O–H groups in total. The van der Waals surface area contributed by atoms with Gasteiger partial charge in [-0.2, -0.15) is 0 Å². The lowest BCUT2D eigenvalue weighted by Gasteiger charge is -2.08. The van der Waals surface area contributed by atoms with Crippen LogP contribution in [0.5, 0.6) is 0 Å². The molecule has 0 bridgehead atoms. The molecule has 110 valence electrons. The molecule has 22 heavy (non-hydrogen) atoms. The van der Waals surface area contributed by atoms with Crippen LogP contribution in [0.15, 0.2) is 47.4 Å². The molecular formula is C16H12N2O3S. The second kappa shape index (κ2) is 5.65. The van der Waals surface area contributed by atoms with E-state index in [0.29, 0.717) is 4.91 Å². The van der Waals surface area contributed by atoms with Crippen LogP contribution in [0, 0.1) is 0 Å². The average molecular weight is 312 g/mol. The van der Waals surface area contributed by atoms with Crippen molar-refractivity contribution in [1.29, 1.82) is 0 Å². The molecule has 0 atom stereocenters. The fourth-order valence-corrected chi connectivity index (χ4v) is 3.14. The quantitative estimate of drug-likeness (QED) is 0.882. The van der Waals surface area contributed by atoms with Crippen LogP contribution in [0.25, 0.3) is 16.8 Å². The van der Waals surface area contributed by atoms with Crippen LogP contribution in [0.4, 0.5) is 4.79 Å². The SMILES string of the molecule is NC(=O)CN1C(=O)S/C(=C\c2cccc3ccccc23)C1=O. The highest BCUT2D eigenvalue weighted by Gasteiger charge is 2.35. The van der Waals surface area contributed by atoms with Crippen LogP contribution in [0.1, 0.15) is 5.56 Å². The summed E-state index contributed by atoms with van der Waals surface area (Å²) < 4.78 is 0. The Balaban J connectivity index is 2.00. The zero-order valence-corrected chi connectivity index (χ0v) is 12.3. The number of amides is 3. The Kier molecular flexibility index (Phi) is 3.68. The summed E-state index contributed by atoms with van der Waals surface area (Å²) in [4.78, 5) is 36.1. The molecule has 1 saturated heterocycles. The van der Waals surface area contributed by atoms with E-state index in [0.717, 1.165) is 33.0 Å². The third-order valence-corrected chi connectivity index (χ3v) is 4.20. The van der Waals surface area contributed by atoms with Crippen LogP contribution in [0.2, 0.25) is 0 Å². The predicted octanol–water partition coefficient (Wildman–Crippen LogP) is 2.36. The number of imide groups is 1. The van der Waals surface area contributed by atoms with Gasteiger partial charge in [0, 0.05) is 0 Å². The van der Waals surface area contributed by atoms with E-state index in [9.17, 15) is 14.4 Å². The summed E-state index contributed by atoms with van der Waals surface area (Å²) in [7, 11) is 0. The molecule has 0 aromatic heterocycles. The van der Waals surface area contributed by atoms with Gasteiger partial charge in [0.25, 0.3) is 11.1 Å². The minimum atomic E-state index is -0.714. The van der Waals surface area contributed by atoms with Crippen LogP contribution in [-0.2, 0) is 9.59 Å². The zero-order chi connectivity index (χ0) is 15.7. The first kappa shape index (κ1) is 14.3. The molecule has 5 nitrogen and oxygen atoms in total. The number of benzene rings is 2. The van der Waals surface area contributed by atoms with Crippen molar-refractivity contribution in [3.8, 4) is 0 Å². The molecule has 3 rings (SSSR count). The summed E-state index contributed by atoms with van der Waals surface area (Å²) in [6, 6.07) is 13.5. The first-order valence-electron chi connectivity index (χ1n) is 6.58. The molecule has 1 aliphatic rings. The maximum atomic E-state index is 12.2. The van der Waals surface area contributed by atoms with Gasteiger partial charge in [-0.3, -0.25) is 19.3 Å². The maximum absolute atomic E-state index is 12.2. The molecule has 2 aromatic carbocycles. The van der Waals surface area contributed by atoms with E-state index in [2.05, 4.69) is 0 Å². The van der Waals surface area contributed by atoms with Gasteiger partial charge in [-0.25, -0.2) is 0 Å². The van der Waals surface area contributed by atoms with Gasteiger partial charge >= 0.3 is 0 Å². The first-order valence-corrected chi connectivity index (χ1v) is 7.39. The number of rotatable bonds is 3. The van der Waals surface area contributed by atoms with Gasteiger partial charge in [0.15, 0.2) is 0 Å². The topological polar surface area (TPSA) is 80.5 Å². The first-order chi connectivity index (χ1) is 10.6. The molecule has 0 spiro atoms. The van der Waals surface area contributed by atoms with Crippen molar-refractivity contribution in [2.75, 3.05) is 6.54 Å². The van der Waals surface area contributed by atoms with E-state index >= 15 is 0 Å². The number of thioether (sulfide) groups is 1. The summed E-state index contributed by atoms with van der Waals surface area (Å²) in [6.45, 7) is -0.391. The van der Waals surface area contributed by atoms with Crippen LogP contribution in [-0.4, -0.2) is 28.5 Å². The van der Waals surface area contributed by atoms with Crippen molar-refractivity contribution >= 4 is 45.7 Å². The molecular weight excluding hydrogens is 300 g/mol. The van der Waals surface area contributed by atoms with E-state index in [1.165, 1.54) is 0 Å². The molecule has 1 heterocycles. The molecule has 0 unspecified atom stereocenters. The number of carbonyl (C=O) groups is 3. The van der Waals surface area contributed by atoms with Crippen LogP contribution < -0.4 is 5.73 Å². The minimum Gasteiger partial charge on any atom is -0.368 e. The Morgan fingerprint density at radius 2 is 1.86 bits per heavy atom. The number of fused-ring (bicyclic) bond motifs is 1. The smallest absolute Gasteiger partial charge is 0.294 e. The Labute approximate surface area is 130 Å². The summed E-state index contributed by atoms with van der Waals surface area (Å²) in [5.74, 6) is -1.20. The van der Waals surface area contributed by atoms with Gasteiger partial charge in [0.2, 0.25) is 5.91 Å². The second-order valence-corrected chi connectivity index (χ2v) is 5.80. The number of nitrogens with two attached hydrogens (primary N) is 1. The molecule has 6 heteroatoms. The number of hydrogen-bond acceptors (Lipinski definition) is 4. The lowest BCUT2D eigenvalue weighted by Crippen LogP contribution is -2.36. The Morgan fingerprint density at radius 1 is 1.14 bits per heavy atom. The van der Waals surface area contributed by atoms with E-state index < -0.39 is 23.6 Å². The van der Waals surface area contributed by atoms with Crippen molar-refractivity contribution < 1.29 is 14.4 Å². The predicted molar refractivity (Wildman–Crippen MR) is 85.8 cm³/mol. The number of nitrogens with zero attached hydrogens (tertiary/aromatic N) is 1. The number of hydrogen-bond donors (Lipinski definition) is 1. The molecule has 3 amide bonds. The van der Waals surface area contributed by atoms with Gasteiger partial charge in [-0.15, -0.1) is 0 Å². The lowest BCUT2D eigenvalue weighted by molar-refractivity contribution is -0.127. The molecule has 2 aromatic rings. The zero-order valence-electron chi connectivity index (χ0n) is 11.5. The van der Waals surface area contributed by atoms with Crippen molar-refractivity contribution in [2.45, 2.75) is 0 Å². The van der Waals surface area contributed by atoms with Crippen LogP contribution in [0.3, 0.4) is 0 Å². The molecule has 0 saturated carbocycles. The highest BCUT2D eigenvalue weighted by Crippen LogP contribution is 2.33. The fourth-order valence-electron chi connectivity index (χ4n) is 2.31. The van der Waals surface area contributed by atoms with Crippen molar-refractivity contribution in [3.05, 3.63) is 52.9 Å². The van der Waals surface area contributed by atoms with Gasteiger partial charge in [0.1, 0.15) is 6.54 Å². The molecule has 0 aliphatic carbocycles. The summed E-state index contributed by atoms with van der Waals surface area (Å²) in [5, 5.41) is 1.56. The van der Waals surface area contributed by atoms with E-state index in [1.54, 1.807) is 6.08 Å². The standard InChI is InChI=1S/C16H12N2O3S/c17-14(19)9-18-15(20)13(22-16(18)21)8-11-6-3-5-10-4-1-2-7-12(10)11/h1-8H,9H2,(H2,17,19)/b13-8-. The summed E-state index contributed by atoms with van der Waals surface area (Å²) >= 11 is 0.818. The Morgan fingerprint density at radius 3 is 2.64 bits per heavy atom. The van der Waals surface area contributed by atoms with Gasteiger partial charge in [-0.05, 0) is 34.2 Å². The van der Waals surface area contributed by atoms with Crippen LogP contribution >= 0.6 is 11.8 Å². The second-order valence-electron chi connectivity index (χ2n) is 4.80. The minimum absolute atomic E-state index is 0.294. The number of primary amides is 1. The largest absolute Gasteiger partial charge is 0.368 e. The molecule has 1 fully saturated rings. The van der Waals surface area contributed by atoms with Gasteiger partial charge in [-0.1, -0.05) is 42.5 Å².